The minimum absolute atomic E-state index is 0.514. The van der Waals surface area contributed by atoms with Crippen LogP contribution in [0.4, 0.5) is 5.69 Å². The van der Waals surface area contributed by atoms with Crippen LogP contribution < -0.4 is 14.2 Å². The third kappa shape index (κ3) is 25.9. The van der Waals surface area contributed by atoms with Crippen LogP contribution in [0.25, 0.3) is 10.4 Å². The average Bonchev–Trinajstić information content (AvgIpc) is 3.09. The van der Waals surface area contributed by atoms with Gasteiger partial charge in [-0.1, -0.05) is 199 Å². The number of unbranched alkanes of at least 4 members (excludes halogenated alkanes) is 27. The fraction of sp³-hybridized carbons (Fsp3) is 0.857. The second-order valence-electron chi connectivity index (χ2n) is 14.1. The van der Waals surface area contributed by atoms with Crippen LogP contribution in [0.1, 0.15) is 213 Å². The summed E-state index contributed by atoms with van der Waals surface area (Å²) in [7, 11) is 0. The average molecular weight is 672 g/mol. The summed E-state index contributed by atoms with van der Waals surface area (Å²) >= 11 is 0. The second-order valence-corrected chi connectivity index (χ2v) is 14.1. The SMILES string of the molecule is CCCCCCCCCCCCOc1cc(N=[N+]=[N-])cc(OCCCCCCCCCCCC)c1OCCCCCCCCCCCC. The summed E-state index contributed by atoms with van der Waals surface area (Å²) in [6, 6.07) is 3.63. The maximum absolute atomic E-state index is 9.19. The molecule has 0 saturated heterocycles. The van der Waals surface area contributed by atoms with Gasteiger partial charge in [-0.2, -0.15) is 0 Å². The molecule has 0 aliphatic heterocycles. The smallest absolute Gasteiger partial charge is 0.203 e. The van der Waals surface area contributed by atoms with Crippen LogP contribution in [0.3, 0.4) is 0 Å². The summed E-state index contributed by atoms with van der Waals surface area (Å²) in [5, 5.41) is 3.91. The Balaban J connectivity index is 2.61. The zero-order chi connectivity index (χ0) is 34.6. The van der Waals surface area contributed by atoms with Crippen molar-refractivity contribution in [2.24, 2.45) is 5.11 Å². The Morgan fingerprint density at radius 2 is 0.688 bits per heavy atom. The van der Waals surface area contributed by atoms with Crippen molar-refractivity contribution in [2.45, 2.75) is 213 Å². The van der Waals surface area contributed by atoms with E-state index in [1.165, 1.54) is 173 Å². The molecule has 0 atom stereocenters. The van der Waals surface area contributed by atoms with Crippen molar-refractivity contribution in [1.82, 2.24) is 0 Å². The van der Waals surface area contributed by atoms with E-state index in [0.29, 0.717) is 42.8 Å². The van der Waals surface area contributed by atoms with Crippen molar-refractivity contribution in [3.63, 3.8) is 0 Å². The Morgan fingerprint density at radius 3 is 0.979 bits per heavy atom. The Hall–Kier alpha value is -2.07. The highest BCUT2D eigenvalue weighted by atomic mass is 16.5. The van der Waals surface area contributed by atoms with Crippen LogP contribution in [0.15, 0.2) is 17.2 Å². The molecule has 1 rings (SSSR count). The third-order valence-corrected chi connectivity index (χ3v) is 9.42. The molecule has 0 saturated carbocycles. The molecule has 0 fully saturated rings. The minimum atomic E-state index is 0.514. The van der Waals surface area contributed by atoms with E-state index in [0.717, 1.165) is 19.3 Å². The maximum atomic E-state index is 9.19. The molecule has 0 unspecified atom stereocenters. The first-order chi connectivity index (χ1) is 23.8. The molecule has 1 aromatic carbocycles. The van der Waals surface area contributed by atoms with Gasteiger partial charge in [0.25, 0.3) is 0 Å². The molecule has 0 heterocycles. The quantitative estimate of drug-likeness (QED) is 0.0306. The zero-order valence-corrected chi connectivity index (χ0v) is 32.1. The standard InChI is InChI=1S/C42H77N3O3/c1-4-7-10-13-16-19-22-25-28-31-34-46-40-37-39(44-45-43)38-41(47-35-32-29-26-23-20-17-14-11-8-5-2)42(40)48-36-33-30-27-24-21-18-15-12-9-6-3/h37-38H,4-36H2,1-3H3. The summed E-state index contributed by atoms with van der Waals surface area (Å²) in [4.78, 5) is 3.05. The Morgan fingerprint density at radius 1 is 0.417 bits per heavy atom. The number of benzene rings is 1. The first-order valence-corrected chi connectivity index (χ1v) is 20.9. The Bertz CT molecular complexity index is 840. The fourth-order valence-corrected chi connectivity index (χ4v) is 6.34. The summed E-state index contributed by atoms with van der Waals surface area (Å²) in [6.45, 7) is 8.72. The Labute approximate surface area is 297 Å². The van der Waals surface area contributed by atoms with Gasteiger partial charge in [-0.05, 0) is 36.9 Å². The van der Waals surface area contributed by atoms with E-state index in [1.807, 2.05) is 12.1 Å². The molecule has 1 aromatic rings. The summed E-state index contributed by atoms with van der Waals surface area (Å²) in [6.07, 6.45) is 38.7. The molecule has 6 heteroatoms. The molecular formula is C42H77N3O3. The van der Waals surface area contributed by atoms with Gasteiger partial charge in [0.2, 0.25) is 5.75 Å². The lowest BCUT2D eigenvalue weighted by Gasteiger charge is -2.18. The maximum Gasteiger partial charge on any atom is 0.203 e. The lowest BCUT2D eigenvalue weighted by atomic mass is 10.1. The van der Waals surface area contributed by atoms with Crippen LogP contribution in [0.5, 0.6) is 17.2 Å². The van der Waals surface area contributed by atoms with Crippen molar-refractivity contribution in [3.8, 4) is 17.2 Å². The van der Waals surface area contributed by atoms with Crippen molar-refractivity contribution in [2.75, 3.05) is 19.8 Å². The van der Waals surface area contributed by atoms with Gasteiger partial charge in [0, 0.05) is 10.6 Å². The van der Waals surface area contributed by atoms with Crippen LogP contribution >= 0.6 is 0 Å². The molecule has 0 aliphatic carbocycles. The van der Waals surface area contributed by atoms with Crippen molar-refractivity contribution in [1.29, 1.82) is 0 Å². The highest BCUT2D eigenvalue weighted by molar-refractivity contribution is 5.60. The number of rotatable bonds is 37. The largest absolute Gasteiger partial charge is 0.490 e. The van der Waals surface area contributed by atoms with E-state index in [1.54, 1.807) is 0 Å². The summed E-state index contributed by atoms with van der Waals surface area (Å²) < 4.78 is 19.0. The normalized spacial score (nSPS) is 11.1. The molecule has 6 nitrogen and oxygen atoms in total. The number of azide groups is 1. The topological polar surface area (TPSA) is 76.5 Å². The molecule has 0 spiro atoms. The Kier molecular flexibility index (Phi) is 31.8. The molecule has 0 bridgehead atoms. The highest BCUT2D eigenvalue weighted by Gasteiger charge is 2.16. The predicted molar refractivity (Wildman–Crippen MR) is 207 cm³/mol. The van der Waals surface area contributed by atoms with Gasteiger partial charge in [-0.25, -0.2) is 0 Å². The molecule has 278 valence electrons. The zero-order valence-electron chi connectivity index (χ0n) is 32.1. The van der Waals surface area contributed by atoms with Gasteiger partial charge in [0.1, 0.15) is 0 Å². The van der Waals surface area contributed by atoms with Crippen molar-refractivity contribution >= 4 is 5.69 Å². The molecule has 0 radical (unpaired) electrons. The molecule has 48 heavy (non-hydrogen) atoms. The molecule has 0 aromatic heterocycles. The number of nitrogens with zero attached hydrogens (tertiary/aromatic N) is 3. The predicted octanol–water partition coefficient (Wildman–Crippen LogP) is 15.5. The molecule has 0 amide bonds. The lowest BCUT2D eigenvalue weighted by molar-refractivity contribution is 0.234. The van der Waals surface area contributed by atoms with Gasteiger partial charge in [0.05, 0.1) is 19.8 Å². The van der Waals surface area contributed by atoms with Crippen molar-refractivity contribution < 1.29 is 14.2 Å². The van der Waals surface area contributed by atoms with Gasteiger partial charge >= 0.3 is 0 Å². The fourth-order valence-electron chi connectivity index (χ4n) is 6.34. The van der Waals surface area contributed by atoms with Gasteiger partial charge in [0.15, 0.2) is 11.5 Å². The van der Waals surface area contributed by atoms with Gasteiger partial charge in [-0.3, -0.25) is 0 Å². The summed E-state index contributed by atoms with van der Waals surface area (Å²) in [5.74, 6) is 1.95. The minimum Gasteiger partial charge on any atom is -0.490 e. The van der Waals surface area contributed by atoms with Crippen LogP contribution in [-0.2, 0) is 0 Å². The molecule has 0 N–H and O–H groups in total. The lowest BCUT2D eigenvalue weighted by Crippen LogP contribution is -2.06. The monoisotopic (exact) mass is 672 g/mol. The first kappa shape index (κ1) is 44.0. The van der Waals surface area contributed by atoms with E-state index in [4.69, 9.17) is 14.2 Å². The third-order valence-electron chi connectivity index (χ3n) is 9.42. The van der Waals surface area contributed by atoms with E-state index in [-0.39, 0.29) is 0 Å². The number of ether oxygens (including phenoxy) is 3. The second kappa shape index (κ2) is 34.8. The van der Waals surface area contributed by atoms with Crippen molar-refractivity contribution in [3.05, 3.63) is 22.6 Å². The highest BCUT2D eigenvalue weighted by Crippen LogP contribution is 2.42. The van der Waals surface area contributed by atoms with Gasteiger partial charge in [-0.15, -0.1) is 0 Å². The molecular weight excluding hydrogens is 594 g/mol. The van der Waals surface area contributed by atoms with Gasteiger partial charge < -0.3 is 14.2 Å². The van der Waals surface area contributed by atoms with Crippen LogP contribution in [0, 0.1) is 0 Å². The van der Waals surface area contributed by atoms with E-state index in [9.17, 15) is 5.53 Å². The van der Waals surface area contributed by atoms with Crippen LogP contribution in [-0.4, -0.2) is 19.8 Å². The van der Waals surface area contributed by atoms with E-state index >= 15 is 0 Å². The molecule has 0 aliphatic rings. The number of hydrogen-bond acceptors (Lipinski definition) is 4. The van der Waals surface area contributed by atoms with Crippen LogP contribution in [0.2, 0.25) is 0 Å². The number of hydrogen-bond donors (Lipinski definition) is 0. The van der Waals surface area contributed by atoms with E-state index in [2.05, 4.69) is 30.8 Å². The first-order valence-electron chi connectivity index (χ1n) is 20.9. The summed E-state index contributed by atoms with van der Waals surface area (Å²) in [5.41, 5.74) is 9.70. The van der Waals surface area contributed by atoms with E-state index < -0.39 is 0 Å².